The third-order valence-electron chi connectivity index (χ3n) is 4.56. The van der Waals surface area contributed by atoms with Gasteiger partial charge in [0.1, 0.15) is 11.9 Å². The summed E-state index contributed by atoms with van der Waals surface area (Å²) in [6.45, 7) is 5.90. The molecule has 0 saturated heterocycles. The molecule has 0 fully saturated rings. The zero-order chi connectivity index (χ0) is 22.1. The van der Waals surface area contributed by atoms with Gasteiger partial charge in [-0.25, -0.2) is 0 Å². The van der Waals surface area contributed by atoms with Crippen LogP contribution in [0.4, 0.5) is 0 Å². The summed E-state index contributed by atoms with van der Waals surface area (Å²) in [4.78, 5) is 25.5. The maximum Gasteiger partial charge on any atom is 0.220 e. The molecule has 0 radical (unpaired) electrons. The molecule has 0 spiro atoms. The number of ketones is 1. The molecule has 0 aliphatic carbocycles. The van der Waals surface area contributed by atoms with E-state index in [4.69, 9.17) is 4.74 Å². The van der Waals surface area contributed by atoms with Gasteiger partial charge < -0.3 is 15.2 Å². The quantitative estimate of drug-likeness (QED) is 0.607. The molecule has 2 atom stereocenters. The van der Waals surface area contributed by atoms with Gasteiger partial charge in [0.05, 0.1) is 18.7 Å². The number of methoxy groups -OCH3 is 1. The van der Waals surface area contributed by atoms with Gasteiger partial charge in [0.15, 0.2) is 5.78 Å². The van der Waals surface area contributed by atoms with Gasteiger partial charge in [0.25, 0.3) is 0 Å². The highest BCUT2D eigenvalue weighted by atomic mass is 16.5. The second kappa shape index (κ2) is 10.7. The summed E-state index contributed by atoms with van der Waals surface area (Å²) in [5.41, 5.74) is 1.09. The van der Waals surface area contributed by atoms with Gasteiger partial charge in [0, 0.05) is 6.42 Å². The number of hydrogen-bond donors (Lipinski definition) is 2. The standard InChI is InChI=1S/C25H31NO4/c1-25(2,3)17-22(27)26-20(15-10-13-18-11-6-5-7-12-18)24(29)23(28)19-14-8-9-16-21(19)30-4/h5-14,16,20,24,29H,15,17H2,1-4H3,(H,26,27)/b13-10+/t20-,24+/m0/s1. The van der Waals surface area contributed by atoms with Gasteiger partial charge in [-0.3, -0.25) is 9.59 Å². The van der Waals surface area contributed by atoms with Crippen LogP contribution in [0, 0.1) is 5.41 Å². The van der Waals surface area contributed by atoms with Gasteiger partial charge in [-0.05, 0) is 29.5 Å². The maximum atomic E-state index is 13.0. The van der Waals surface area contributed by atoms with E-state index >= 15 is 0 Å². The average Bonchev–Trinajstić information content (AvgIpc) is 2.71. The Bertz CT molecular complexity index is 868. The molecule has 160 valence electrons. The fourth-order valence-corrected chi connectivity index (χ4v) is 3.11. The number of benzene rings is 2. The second-order valence-electron chi connectivity index (χ2n) is 8.47. The molecule has 2 aromatic carbocycles. The van der Waals surface area contributed by atoms with Crippen molar-refractivity contribution in [3.05, 3.63) is 71.8 Å². The van der Waals surface area contributed by atoms with Crippen LogP contribution in [0.2, 0.25) is 0 Å². The van der Waals surface area contributed by atoms with E-state index in [0.717, 1.165) is 5.56 Å². The van der Waals surface area contributed by atoms with Crippen LogP contribution in [-0.2, 0) is 4.79 Å². The summed E-state index contributed by atoms with van der Waals surface area (Å²) in [5, 5.41) is 13.7. The molecule has 2 rings (SSSR count). The third-order valence-corrected chi connectivity index (χ3v) is 4.56. The average molecular weight is 410 g/mol. The van der Waals surface area contributed by atoms with E-state index in [1.807, 2.05) is 63.3 Å². The van der Waals surface area contributed by atoms with E-state index in [1.54, 1.807) is 24.3 Å². The molecule has 2 aromatic rings. The van der Waals surface area contributed by atoms with Crippen LogP contribution in [-0.4, -0.2) is 36.1 Å². The van der Waals surface area contributed by atoms with E-state index in [9.17, 15) is 14.7 Å². The number of ether oxygens (including phenoxy) is 1. The first-order valence-corrected chi connectivity index (χ1v) is 10.1. The monoisotopic (exact) mass is 409 g/mol. The van der Waals surface area contributed by atoms with E-state index in [1.165, 1.54) is 7.11 Å². The minimum absolute atomic E-state index is 0.201. The molecule has 30 heavy (non-hydrogen) atoms. The van der Waals surface area contributed by atoms with Crippen molar-refractivity contribution in [2.45, 2.75) is 45.8 Å². The van der Waals surface area contributed by atoms with Crippen LogP contribution in [0.25, 0.3) is 6.08 Å². The molecule has 1 amide bonds. The number of carbonyl (C=O) groups is 2. The molecule has 5 heteroatoms. The number of aliphatic hydroxyl groups is 1. The first-order valence-electron chi connectivity index (χ1n) is 10.1. The largest absolute Gasteiger partial charge is 0.496 e. The number of para-hydroxylation sites is 1. The lowest BCUT2D eigenvalue weighted by Crippen LogP contribution is -2.47. The highest BCUT2D eigenvalue weighted by molar-refractivity contribution is 6.02. The zero-order valence-electron chi connectivity index (χ0n) is 18.1. The molecular weight excluding hydrogens is 378 g/mol. The van der Waals surface area contributed by atoms with Crippen LogP contribution < -0.4 is 10.1 Å². The molecule has 0 heterocycles. The predicted octanol–water partition coefficient (Wildman–Crippen LogP) is 4.26. The molecule has 5 nitrogen and oxygen atoms in total. The smallest absolute Gasteiger partial charge is 0.220 e. The van der Waals surface area contributed by atoms with Gasteiger partial charge in [-0.15, -0.1) is 0 Å². The topological polar surface area (TPSA) is 75.6 Å². The van der Waals surface area contributed by atoms with E-state index in [0.29, 0.717) is 18.6 Å². The fourth-order valence-electron chi connectivity index (χ4n) is 3.11. The van der Waals surface area contributed by atoms with Crippen molar-refractivity contribution in [2.24, 2.45) is 5.41 Å². The maximum absolute atomic E-state index is 13.0. The van der Waals surface area contributed by atoms with Crippen molar-refractivity contribution < 1.29 is 19.4 Å². The molecule has 2 N–H and O–H groups in total. The summed E-state index contributed by atoms with van der Waals surface area (Å²) in [5.74, 6) is -0.296. The molecular formula is C25H31NO4. The SMILES string of the molecule is COc1ccccc1C(=O)[C@H](O)[C@H](C/C=C/c1ccccc1)NC(=O)CC(C)(C)C. The summed E-state index contributed by atoms with van der Waals surface area (Å²) in [6.07, 6.45) is 2.97. The van der Waals surface area contributed by atoms with Gasteiger partial charge >= 0.3 is 0 Å². The molecule has 0 aliphatic rings. The molecule has 0 aromatic heterocycles. The summed E-state index contributed by atoms with van der Waals surface area (Å²) >= 11 is 0. The zero-order valence-corrected chi connectivity index (χ0v) is 18.1. The first kappa shape index (κ1) is 23.4. The highest BCUT2D eigenvalue weighted by Gasteiger charge is 2.30. The molecule has 0 unspecified atom stereocenters. The minimum Gasteiger partial charge on any atom is -0.496 e. The Hall–Kier alpha value is -2.92. The van der Waals surface area contributed by atoms with Crippen molar-refractivity contribution in [1.29, 1.82) is 0 Å². The number of nitrogens with one attached hydrogen (secondary N) is 1. The van der Waals surface area contributed by atoms with Crippen molar-refractivity contribution in [3.8, 4) is 5.75 Å². The van der Waals surface area contributed by atoms with E-state index in [-0.39, 0.29) is 16.9 Å². The summed E-state index contributed by atoms with van der Waals surface area (Å²) in [6, 6.07) is 15.7. The number of rotatable bonds is 9. The van der Waals surface area contributed by atoms with E-state index < -0.39 is 17.9 Å². The van der Waals surface area contributed by atoms with Crippen molar-refractivity contribution in [3.63, 3.8) is 0 Å². The van der Waals surface area contributed by atoms with Crippen molar-refractivity contribution in [2.75, 3.05) is 7.11 Å². The number of Topliss-reactive ketones (excluding diaryl/α,β-unsaturated/α-hetero) is 1. The van der Waals surface area contributed by atoms with Crippen molar-refractivity contribution in [1.82, 2.24) is 5.32 Å². The number of carbonyl (C=O) groups excluding carboxylic acids is 2. The highest BCUT2D eigenvalue weighted by Crippen LogP contribution is 2.22. The summed E-state index contributed by atoms with van der Waals surface area (Å²) < 4.78 is 5.25. The fraction of sp³-hybridized carbons (Fsp3) is 0.360. The Labute approximate surface area is 178 Å². The van der Waals surface area contributed by atoms with Crippen molar-refractivity contribution >= 4 is 17.8 Å². The Morgan fingerprint density at radius 3 is 2.33 bits per heavy atom. The van der Waals surface area contributed by atoms with E-state index in [2.05, 4.69) is 5.32 Å². The second-order valence-corrected chi connectivity index (χ2v) is 8.47. The number of hydrogen-bond acceptors (Lipinski definition) is 4. The Kier molecular flexibility index (Phi) is 8.36. The molecule has 0 aliphatic heterocycles. The number of amides is 1. The summed E-state index contributed by atoms with van der Waals surface area (Å²) in [7, 11) is 1.48. The van der Waals surface area contributed by atoms with Crippen LogP contribution in [0.3, 0.4) is 0 Å². The van der Waals surface area contributed by atoms with Crippen LogP contribution in [0.5, 0.6) is 5.75 Å². The van der Waals surface area contributed by atoms with Gasteiger partial charge in [-0.1, -0.05) is 75.4 Å². The minimum atomic E-state index is -1.40. The normalized spacial score (nSPS) is 13.6. The lowest BCUT2D eigenvalue weighted by molar-refractivity contribution is -0.124. The van der Waals surface area contributed by atoms with Crippen LogP contribution >= 0.6 is 0 Å². The van der Waals surface area contributed by atoms with Gasteiger partial charge in [-0.2, -0.15) is 0 Å². The molecule has 0 bridgehead atoms. The predicted molar refractivity (Wildman–Crippen MR) is 119 cm³/mol. The first-order chi connectivity index (χ1) is 14.2. The van der Waals surface area contributed by atoms with Crippen LogP contribution in [0.1, 0.15) is 49.5 Å². The molecule has 0 saturated carbocycles. The lowest BCUT2D eigenvalue weighted by Gasteiger charge is -2.25. The van der Waals surface area contributed by atoms with Gasteiger partial charge in [0.2, 0.25) is 5.91 Å². The Morgan fingerprint density at radius 2 is 1.70 bits per heavy atom. The number of aliphatic hydroxyl groups excluding tert-OH is 1. The lowest BCUT2D eigenvalue weighted by atomic mass is 9.91. The third kappa shape index (κ3) is 7.16. The van der Waals surface area contributed by atoms with Crippen LogP contribution in [0.15, 0.2) is 60.7 Å². The Morgan fingerprint density at radius 1 is 1.07 bits per heavy atom. The Balaban J connectivity index is 2.21.